The van der Waals surface area contributed by atoms with E-state index in [1.165, 1.54) is 14.2 Å². The van der Waals surface area contributed by atoms with Crippen molar-refractivity contribution in [1.82, 2.24) is 5.32 Å². The van der Waals surface area contributed by atoms with Gasteiger partial charge in [0.05, 0.1) is 11.4 Å². The van der Waals surface area contributed by atoms with Crippen LogP contribution in [0.5, 0.6) is 0 Å². The van der Waals surface area contributed by atoms with E-state index in [2.05, 4.69) is 20.8 Å². The molecule has 1 aromatic carbocycles. The van der Waals surface area contributed by atoms with Gasteiger partial charge in [-0.2, -0.15) is 0 Å². The normalized spacial score (nSPS) is 16.6. The molecule has 1 aromatic rings. The van der Waals surface area contributed by atoms with Crippen molar-refractivity contribution in [2.75, 3.05) is 21.3 Å². The van der Waals surface area contributed by atoms with Gasteiger partial charge in [0.15, 0.2) is 11.8 Å². The molecule has 1 amide bonds. The van der Waals surface area contributed by atoms with Gasteiger partial charge < -0.3 is 19.8 Å². The van der Waals surface area contributed by atoms with Gasteiger partial charge in [-0.3, -0.25) is 4.79 Å². The number of likely N-dealkylation sites (N-methyl/N-ethyl adjacent to an activating group) is 1. The second-order valence-electron chi connectivity index (χ2n) is 6.20. The van der Waals surface area contributed by atoms with Gasteiger partial charge in [0.1, 0.15) is 14.2 Å². The van der Waals surface area contributed by atoms with Crippen molar-refractivity contribution in [3.8, 4) is 0 Å². The fourth-order valence-corrected chi connectivity index (χ4v) is 2.71. The summed E-state index contributed by atoms with van der Waals surface area (Å²) < 4.78 is 0. The van der Waals surface area contributed by atoms with E-state index in [0.29, 0.717) is 17.2 Å². The summed E-state index contributed by atoms with van der Waals surface area (Å²) in [4.78, 5) is 27.7. The number of amides is 1. The van der Waals surface area contributed by atoms with Crippen LogP contribution in [0.3, 0.4) is 0 Å². The van der Waals surface area contributed by atoms with E-state index in [1.807, 2.05) is 32.0 Å². The molecule has 0 bridgehead atoms. The van der Waals surface area contributed by atoms with Gasteiger partial charge in [0.25, 0.3) is 5.91 Å². The molecule has 1 atom stereocenters. The summed E-state index contributed by atoms with van der Waals surface area (Å²) in [5.41, 5.74) is 2.87. The Bertz CT molecular complexity index is 754. The number of carbonyl (C=O) groups is 1. The first-order chi connectivity index (χ1) is 13.0. The molecule has 8 heteroatoms. The maximum Gasteiger partial charge on any atom is 0.273 e. The predicted octanol–water partition coefficient (Wildman–Crippen LogP) is 2.32. The minimum Gasteiger partial charge on any atom is -0.399 e. The van der Waals surface area contributed by atoms with Crippen LogP contribution in [0, 0.1) is 5.92 Å². The Balaban J connectivity index is 2.32. The summed E-state index contributed by atoms with van der Waals surface area (Å²) in [6, 6.07) is 7.33. The molecule has 1 saturated carbocycles. The summed E-state index contributed by atoms with van der Waals surface area (Å²) in [6.45, 7) is 3.68. The van der Waals surface area contributed by atoms with Crippen molar-refractivity contribution < 1.29 is 19.3 Å². The molecule has 1 N–H and O–H groups in total. The maximum absolute atomic E-state index is 12.2. The number of nitrogens with zero attached hydrogens (tertiary/aromatic N) is 3. The highest BCUT2D eigenvalue weighted by Crippen LogP contribution is 2.35. The van der Waals surface area contributed by atoms with Crippen LogP contribution < -0.4 is 5.32 Å². The number of carbonyl (C=O) groups excluding carboxylic acids is 1. The first kappa shape index (κ1) is 20.4. The molecule has 0 saturated heterocycles. The molecule has 0 heterocycles. The van der Waals surface area contributed by atoms with E-state index in [0.717, 1.165) is 24.1 Å². The summed E-state index contributed by atoms with van der Waals surface area (Å²) >= 11 is 0. The second-order valence-corrected chi connectivity index (χ2v) is 6.20. The highest BCUT2D eigenvalue weighted by atomic mass is 16.6. The Kier molecular flexibility index (Phi) is 7.34. The first-order valence-electron chi connectivity index (χ1n) is 8.74. The fourth-order valence-electron chi connectivity index (χ4n) is 2.71. The second kappa shape index (κ2) is 9.70. The van der Waals surface area contributed by atoms with Crippen LogP contribution in [0.4, 0.5) is 0 Å². The third-order valence-corrected chi connectivity index (χ3v) is 4.20. The minimum atomic E-state index is -0.350. The smallest absolute Gasteiger partial charge is 0.273 e. The minimum absolute atomic E-state index is 0.168. The highest BCUT2D eigenvalue weighted by Gasteiger charge is 2.36. The van der Waals surface area contributed by atoms with Crippen molar-refractivity contribution >= 4 is 23.0 Å². The largest absolute Gasteiger partial charge is 0.399 e. The van der Waals surface area contributed by atoms with Crippen LogP contribution in [-0.2, 0) is 19.3 Å². The highest BCUT2D eigenvalue weighted by molar-refractivity contribution is 6.46. The molecule has 146 valence electrons. The molecule has 0 aliphatic heterocycles. The Labute approximate surface area is 159 Å². The molecular formula is C19H26N4O4. The number of benzene rings is 1. The molecule has 1 aliphatic rings. The summed E-state index contributed by atoms with van der Waals surface area (Å²) in [5, 5.41) is 14.7. The van der Waals surface area contributed by atoms with Crippen LogP contribution in [0.1, 0.15) is 37.8 Å². The van der Waals surface area contributed by atoms with E-state index in [4.69, 9.17) is 14.5 Å². The lowest BCUT2D eigenvalue weighted by Crippen LogP contribution is -2.30. The van der Waals surface area contributed by atoms with Gasteiger partial charge in [-0.15, -0.1) is 0 Å². The standard InChI is InChI=1S/C19H26N4O4/c1-12(22-27-18(14-10-11-14)13(2)21-25-4)15-8-6-7-9-16(15)17(23-26-5)19(24)20-3/h6-9,14,18H,10-11H2,1-5H3,(H,20,24)/b21-13+,22-12+,23-17+. The van der Waals surface area contributed by atoms with Crippen LogP contribution in [-0.4, -0.2) is 50.4 Å². The number of nitrogens with one attached hydrogen (secondary N) is 1. The zero-order chi connectivity index (χ0) is 19.8. The first-order valence-corrected chi connectivity index (χ1v) is 8.74. The van der Waals surface area contributed by atoms with E-state index >= 15 is 0 Å². The van der Waals surface area contributed by atoms with Gasteiger partial charge >= 0.3 is 0 Å². The molecule has 1 fully saturated rings. The van der Waals surface area contributed by atoms with Gasteiger partial charge in [-0.05, 0) is 26.7 Å². The Morgan fingerprint density at radius 1 is 1.07 bits per heavy atom. The Morgan fingerprint density at radius 2 is 1.70 bits per heavy atom. The van der Waals surface area contributed by atoms with Gasteiger partial charge in [0.2, 0.25) is 0 Å². The van der Waals surface area contributed by atoms with E-state index in [9.17, 15) is 4.79 Å². The molecule has 0 spiro atoms. The monoisotopic (exact) mass is 374 g/mol. The zero-order valence-corrected chi connectivity index (χ0v) is 16.4. The zero-order valence-electron chi connectivity index (χ0n) is 16.4. The molecule has 27 heavy (non-hydrogen) atoms. The van der Waals surface area contributed by atoms with Gasteiger partial charge in [-0.25, -0.2) is 0 Å². The molecule has 0 aromatic heterocycles. The average Bonchev–Trinajstić information content (AvgIpc) is 3.51. The SMILES string of the molecule is CNC(=O)/C(=N/OC)c1ccccc1/C(C)=N/OC(/C(C)=N/OC)C1CC1. The number of oxime groups is 3. The number of hydrogen-bond acceptors (Lipinski definition) is 7. The fraction of sp³-hybridized carbons (Fsp3) is 0.474. The quantitative estimate of drug-likeness (QED) is 0.530. The van der Waals surface area contributed by atoms with Crippen molar-refractivity contribution in [3.63, 3.8) is 0 Å². The third-order valence-electron chi connectivity index (χ3n) is 4.20. The van der Waals surface area contributed by atoms with Gasteiger partial charge in [0, 0.05) is 24.1 Å². The predicted molar refractivity (Wildman–Crippen MR) is 104 cm³/mol. The Hall–Kier alpha value is -2.90. The number of rotatable bonds is 9. The number of hydrogen-bond donors (Lipinski definition) is 1. The van der Waals surface area contributed by atoms with Crippen LogP contribution in [0.25, 0.3) is 0 Å². The van der Waals surface area contributed by atoms with Crippen molar-refractivity contribution in [2.24, 2.45) is 21.4 Å². The van der Waals surface area contributed by atoms with Crippen molar-refractivity contribution in [1.29, 1.82) is 0 Å². The van der Waals surface area contributed by atoms with Crippen molar-refractivity contribution in [3.05, 3.63) is 35.4 Å². The van der Waals surface area contributed by atoms with Gasteiger partial charge in [-0.1, -0.05) is 39.7 Å². The molecule has 2 rings (SSSR count). The lowest BCUT2D eigenvalue weighted by atomic mass is 9.99. The van der Waals surface area contributed by atoms with Crippen molar-refractivity contribution in [2.45, 2.75) is 32.8 Å². The molecular weight excluding hydrogens is 348 g/mol. The summed E-state index contributed by atoms with van der Waals surface area (Å²) in [6.07, 6.45) is 1.93. The van der Waals surface area contributed by atoms with E-state index < -0.39 is 0 Å². The van der Waals surface area contributed by atoms with Crippen LogP contribution in [0.15, 0.2) is 39.7 Å². The summed E-state index contributed by atoms with van der Waals surface area (Å²) in [7, 11) is 4.44. The van der Waals surface area contributed by atoms with Crippen LogP contribution >= 0.6 is 0 Å². The lowest BCUT2D eigenvalue weighted by Gasteiger charge is -2.15. The molecule has 8 nitrogen and oxygen atoms in total. The average molecular weight is 374 g/mol. The maximum atomic E-state index is 12.2. The van der Waals surface area contributed by atoms with E-state index in [-0.39, 0.29) is 17.7 Å². The molecule has 1 aliphatic carbocycles. The lowest BCUT2D eigenvalue weighted by molar-refractivity contribution is -0.114. The molecule has 0 radical (unpaired) electrons. The van der Waals surface area contributed by atoms with E-state index in [1.54, 1.807) is 13.1 Å². The topological polar surface area (TPSA) is 93.9 Å². The summed E-state index contributed by atoms with van der Waals surface area (Å²) in [5.74, 6) is 0.0455. The molecule has 1 unspecified atom stereocenters. The van der Waals surface area contributed by atoms with Crippen LogP contribution in [0.2, 0.25) is 0 Å². The third kappa shape index (κ3) is 5.29. The Morgan fingerprint density at radius 3 is 2.26 bits per heavy atom.